The molecule has 0 atom stereocenters. The highest BCUT2D eigenvalue weighted by atomic mass is 14.2. The van der Waals surface area contributed by atoms with Crippen molar-refractivity contribution in [3.05, 3.63) is 11.1 Å². The zero-order valence-corrected chi connectivity index (χ0v) is 8.21. The minimum Gasteiger partial charge on any atom is -0.0741 e. The number of hydrogen-bond donors (Lipinski definition) is 0. The van der Waals surface area contributed by atoms with Crippen LogP contribution >= 0.6 is 0 Å². The Balaban J connectivity index is 4.47. The van der Waals surface area contributed by atoms with Gasteiger partial charge in [0, 0.05) is 0 Å². The molecule has 0 aliphatic heterocycles. The van der Waals surface area contributed by atoms with Gasteiger partial charge in [0.15, 0.2) is 0 Å². The van der Waals surface area contributed by atoms with Crippen LogP contribution in [0, 0.1) is 5.41 Å². The molecular weight excluding hydrogens is 120 g/mol. The van der Waals surface area contributed by atoms with Gasteiger partial charge in [-0.2, -0.15) is 0 Å². The molecule has 0 saturated heterocycles. The molecule has 0 heterocycles. The van der Waals surface area contributed by atoms with Crippen LogP contribution in [0.25, 0.3) is 0 Å². The molecule has 0 bridgehead atoms. The van der Waals surface area contributed by atoms with Crippen LogP contribution in [-0.2, 0) is 0 Å². The summed E-state index contributed by atoms with van der Waals surface area (Å²) in [6.07, 6.45) is 1.18. The average molecular weight is 140 g/mol. The Morgan fingerprint density at radius 1 is 1.10 bits per heavy atom. The highest BCUT2D eigenvalue weighted by Crippen LogP contribution is 2.27. The standard InChI is InChI=1S/C10H20/c1-7-8(2)9(3)10(4,5)6/h7H2,1-6H3. The van der Waals surface area contributed by atoms with Crippen LogP contribution in [0.4, 0.5) is 0 Å². The molecule has 0 rings (SSSR count). The molecule has 0 radical (unpaired) electrons. The van der Waals surface area contributed by atoms with E-state index in [9.17, 15) is 0 Å². The van der Waals surface area contributed by atoms with E-state index >= 15 is 0 Å². The third-order valence-electron chi connectivity index (χ3n) is 2.30. The van der Waals surface area contributed by atoms with E-state index in [4.69, 9.17) is 0 Å². The van der Waals surface area contributed by atoms with Crippen molar-refractivity contribution in [2.24, 2.45) is 5.41 Å². The molecule has 0 fully saturated rings. The van der Waals surface area contributed by atoms with Crippen molar-refractivity contribution in [3.63, 3.8) is 0 Å². The van der Waals surface area contributed by atoms with E-state index in [0.29, 0.717) is 5.41 Å². The van der Waals surface area contributed by atoms with Crippen LogP contribution in [0.3, 0.4) is 0 Å². The maximum Gasteiger partial charge on any atom is -0.0173 e. The zero-order chi connectivity index (χ0) is 8.36. The molecule has 0 spiro atoms. The van der Waals surface area contributed by atoms with E-state index in [1.54, 1.807) is 0 Å². The van der Waals surface area contributed by atoms with Gasteiger partial charge in [0.1, 0.15) is 0 Å². The van der Waals surface area contributed by atoms with E-state index in [1.807, 2.05) is 0 Å². The van der Waals surface area contributed by atoms with Crippen molar-refractivity contribution < 1.29 is 0 Å². The fourth-order valence-electron chi connectivity index (χ4n) is 0.905. The molecule has 0 amide bonds. The second-order valence-corrected chi connectivity index (χ2v) is 4.01. The maximum absolute atomic E-state index is 2.27. The third-order valence-corrected chi connectivity index (χ3v) is 2.30. The van der Waals surface area contributed by atoms with Gasteiger partial charge in [0.25, 0.3) is 0 Å². The lowest BCUT2D eigenvalue weighted by Gasteiger charge is -2.22. The highest BCUT2D eigenvalue weighted by molar-refractivity contribution is 5.15. The van der Waals surface area contributed by atoms with Crippen LogP contribution in [0.5, 0.6) is 0 Å². The normalized spacial score (nSPS) is 15.0. The average Bonchev–Trinajstić information content (AvgIpc) is 1.83. The first-order valence-electron chi connectivity index (χ1n) is 4.06. The topological polar surface area (TPSA) is 0 Å². The Morgan fingerprint density at radius 2 is 1.50 bits per heavy atom. The van der Waals surface area contributed by atoms with E-state index in [2.05, 4.69) is 41.5 Å². The van der Waals surface area contributed by atoms with E-state index in [1.165, 1.54) is 17.6 Å². The molecule has 0 N–H and O–H groups in total. The zero-order valence-electron chi connectivity index (χ0n) is 8.21. The van der Waals surface area contributed by atoms with Gasteiger partial charge >= 0.3 is 0 Å². The van der Waals surface area contributed by atoms with Crippen LogP contribution in [-0.4, -0.2) is 0 Å². The lowest BCUT2D eigenvalue weighted by molar-refractivity contribution is 0.496. The molecule has 0 aromatic rings. The molecule has 0 saturated carbocycles. The second-order valence-electron chi connectivity index (χ2n) is 4.01. The van der Waals surface area contributed by atoms with Gasteiger partial charge in [0.05, 0.1) is 0 Å². The molecular formula is C10H20. The van der Waals surface area contributed by atoms with Crippen molar-refractivity contribution >= 4 is 0 Å². The quantitative estimate of drug-likeness (QED) is 0.486. The Hall–Kier alpha value is -0.260. The van der Waals surface area contributed by atoms with Gasteiger partial charge < -0.3 is 0 Å². The SMILES string of the molecule is CCC(C)=C(C)C(C)(C)C. The first-order valence-corrected chi connectivity index (χ1v) is 4.06. The lowest BCUT2D eigenvalue weighted by Crippen LogP contribution is -2.08. The molecule has 0 nitrogen and oxygen atoms in total. The van der Waals surface area contributed by atoms with Crippen molar-refractivity contribution in [3.8, 4) is 0 Å². The highest BCUT2D eigenvalue weighted by Gasteiger charge is 2.13. The molecule has 0 aliphatic carbocycles. The van der Waals surface area contributed by atoms with Crippen LogP contribution in [0.15, 0.2) is 11.1 Å². The van der Waals surface area contributed by atoms with Crippen LogP contribution in [0.2, 0.25) is 0 Å². The molecule has 0 unspecified atom stereocenters. The summed E-state index contributed by atoms with van der Waals surface area (Å²) in [6, 6.07) is 0. The fraction of sp³-hybridized carbons (Fsp3) is 0.800. The molecule has 60 valence electrons. The van der Waals surface area contributed by atoms with Gasteiger partial charge in [-0.3, -0.25) is 0 Å². The summed E-state index contributed by atoms with van der Waals surface area (Å²) in [5.74, 6) is 0. The predicted octanol–water partition coefficient (Wildman–Crippen LogP) is 3.78. The maximum atomic E-state index is 2.27. The van der Waals surface area contributed by atoms with E-state index in [-0.39, 0.29) is 0 Å². The summed E-state index contributed by atoms with van der Waals surface area (Å²) >= 11 is 0. The Kier molecular flexibility index (Phi) is 3.14. The van der Waals surface area contributed by atoms with Gasteiger partial charge in [-0.05, 0) is 25.7 Å². The minimum absolute atomic E-state index is 0.361. The second kappa shape index (κ2) is 3.23. The van der Waals surface area contributed by atoms with Crippen molar-refractivity contribution in [2.45, 2.75) is 48.0 Å². The summed E-state index contributed by atoms with van der Waals surface area (Å²) in [6.45, 7) is 13.5. The van der Waals surface area contributed by atoms with Crippen molar-refractivity contribution in [2.75, 3.05) is 0 Å². The number of rotatable bonds is 1. The minimum atomic E-state index is 0.361. The lowest BCUT2D eigenvalue weighted by atomic mass is 9.84. The van der Waals surface area contributed by atoms with E-state index < -0.39 is 0 Å². The van der Waals surface area contributed by atoms with Gasteiger partial charge in [-0.1, -0.05) is 38.8 Å². The molecule has 0 aromatic carbocycles. The monoisotopic (exact) mass is 140 g/mol. The van der Waals surface area contributed by atoms with Gasteiger partial charge in [0.2, 0.25) is 0 Å². The summed E-state index contributed by atoms with van der Waals surface area (Å²) in [7, 11) is 0. The summed E-state index contributed by atoms with van der Waals surface area (Å²) in [5.41, 5.74) is 3.43. The smallest absolute Gasteiger partial charge is 0.0173 e. The summed E-state index contributed by atoms with van der Waals surface area (Å²) in [4.78, 5) is 0. The van der Waals surface area contributed by atoms with Gasteiger partial charge in [-0.25, -0.2) is 0 Å². The summed E-state index contributed by atoms with van der Waals surface area (Å²) < 4.78 is 0. The largest absolute Gasteiger partial charge is 0.0741 e. The fourth-order valence-corrected chi connectivity index (χ4v) is 0.905. The van der Waals surface area contributed by atoms with Gasteiger partial charge in [-0.15, -0.1) is 0 Å². The Morgan fingerprint density at radius 3 is 1.60 bits per heavy atom. The van der Waals surface area contributed by atoms with Crippen molar-refractivity contribution in [1.82, 2.24) is 0 Å². The van der Waals surface area contributed by atoms with E-state index in [0.717, 1.165) is 0 Å². The third kappa shape index (κ3) is 2.55. The number of hydrogen-bond acceptors (Lipinski definition) is 0. The summed E-state index contributed by atoms with van der Waals surface area (Å²) in [5, 5.41) is 0. The first kappa shape index (κ1) is 9.74. The first-order chi connectivity index (χ1) is 4.39. The van der Waals surface area contributed by atoms with Crippen molar-refractivity contribution in [1.29, 1.82) is 0 Å². The molecule has 0 aliphatic rings. The van der Waals surface area contributed by atoms with Crippen LogP contribution < -0.4 is 0 Å². The number of allylic oxidation sites excluding steroid dienone is 2. The van der Waals surface area contributed by atoms with Crippen LogP contribution in [0.1, 0.15) is 48.0 Å². The molecule has 0 heteroatoms. The molecule has 0 aromatic heterocycles. The predicted molar refractivity (Wildman–Crippen MR) is 48.1 cm³/mol. The Bertz CT molecular complexity index is 133. The Labute approximate surface area is 65.3 Å². The molecule has 10 heavy (non-hydrogen) atoms.